The van der Waals surface area contributed by atoms with Gasteiger partial charge in [-0.05, 0) is 40.8 Å². The normalized spacial score (nSPS) is 25.5. The second-order valence-electron chi connectivity index (χ2n) is 6.02. The van der Waals surface area contributed by atoms with Crippen LogP contribution in [0.2, 0.25) is 0 Å². The van der Waals surface area contributed by atoms with Crippen LogP contribution in [0.4, 0.5) is 0 Å². The summed E-state index contributed by atoms with van der Waals surface area (Å²) >= 11 is 0. The first kappa shape index (κ1) is 16.8. The van der Waals surface area contributed by atoms with Gasteiger partial charge in [0.1, 0.15) is 0 Å². The van der Waals surface area contributed by atoms with Gasteiger partial charge >= 0.3 is 0 Å². The van der Waals surface area contributed by atoms with Crippen LogP contribution in [0.1, 0.15) is 33.1 Å². The zero-order valence-electron chi connectivity index (χ0n) is 12.4. The van der Waals surface area contributed by atoms with Crippen LogP contribution >= 0.6 is 0 Å². The van der Waals surface area contributed by atoms with Gasteiger partial charge in [0, 0.05) is 25.7 Å². The molecule has 1 heterocycles. The van der Waals surface area contributed by atoms with Crippen molar-refractivity contribution in [1.29, 1.82) is 0 Å². The summed E-state index contributed by atoms with van der Waals surface area (Å²) in [6.45, 7) is 4.56. The summed E-state index contributed by atoms with van der Waals surface area (Å²) in [5.41, 5.74) is -1.07. The van der Waals surface area contributed by atoms with E-state index in [0.717, 1.165) is 19.3 Å². The van der Waals surface area contributed by atoms with Gasteiger partial charge in [0.2, 0.25) is 0 Å². The lowest BCUT2D eigenvalue weighted by atomic mass is 10.1. The third-order valence-corrected chi connectivity index (χ3v) is 5.01. The van der Waals surface area contributed by atoms with E-state index in [2.05, 4.69) is 4.72 Å². The molecule has 2 unspecified atom stereocenters. The molecule has 0 bridgehead atoms. The maximum absolute atomic E-state index is 12.2. The molecule has 0 aromatic heterocycles. The average Bonchev–Trinajstić information content (AvgIpc) is 2.25. The summed E-state index contributed by atoms with van der Waals surface area (Å²) in [5, 5.41) is 10.1. The maximum Gasteiger partial charge on any atom is 0.279 e. The highest BCUT2D eigenvalue weighted by molar-refractivity contribution is 7.87. The zero-order valence-corrected chi connectivity index (χ0v) is 13.2. The maximum atomic E-state index is 12.2. The predicted molar refractivity (Wildman–Crippen MR) is 76.1 cm³/mol. The fraction of sp³-hybridized carbons (Fsp3) is 1.00. The van der Waals surface area contributed by atoms with Crippen LogP contribution in [-0.2, 0) is 10.2 Å². The Morgan fingerprint density at radius 3 is 2.58 bits per heavy atom. The first-order valence-electron chi connectivity index (χ1n) is 6.77. The fourth-order valence-electron chi connectivity index (χ4n) is 2.50. The molecule has 0 aliphatic carbocycles. The molecule has 1 aliphatic heterocycles. The van der Waals surface area contributed by atoms with Gasteiger partial charge in [0.25, 0.3) is 10.2 Å². The zero-order chi connectivity index (χ0) is 14.7. The Balaban J connectivity index is 2.59. The van der Waals surface area contributed by atoms with Crippen LogP contribution in [0.5, 0.6) is 0 Å². The van der Waals surface area contributed by atoms with Crippen molar-refractivity contribution in [1.82, 2.24) is 13.9 Å². The molecule has 114 valence electrons. The topological polar surface area (TPSA) is 72.9 Å². The summed E-state index contributed by atoms with van der Waals surface area (Å²) in [4.78, 5) is 1.83. The third kappa shape index (κ3) is 5.35. The lowest BCUT2D eigenvalue weighted by molar-refractivity contribution is 0.0380. The minimum absolute atomic E-state index is 0.0245. The van der Waals surface area contributed by atoms with Crippen LogP contribution in [0, 0.1) is 0 Å². The van der Waals surface area contributed by atoms with E-state index in [4.69, 9.17) is 0 Å². The molecule has 1 saturated heterocycles. The van der Waals surface area contributed by atoms with Crippen molar-refractivity contribution in [3.63, 3.8) is 0 Å². The molecular formula is C12H27N3O3S. The molecule has 19 heavy (non-hydrogen) atoms. The van der Waals surface area contributed by atoms with Gasteiger partial charge in [-0.3, -0.25) is 0 Å². The Labute approximate surface area is 117 Å². The van der Waals surface area contributed by atoms with Gasteiger partial charge in [0.05, 0.1) is 5.60 Å². The molecule has 1 aliphatic rings. The Bertz CT molecular complexity index is 382. The summed E-state index contributed by atoms with van der Waals surface area (Å²) in [6.07, 6.45) is 2.87. The first-order valence-corrected chi connectivity index (χ1v) is 8.22. The number of nitrogens with one attached hydrogen (secondary N) is 1. The van der Waals surface area contributed by atoms with Crippen LogP contribution < -0.4 is 4.72 Å². The number of hydrogen-bond acceptors (Lipinski definition) is 4. The molecule has 2 atom stereocenters. The van der Waals surface area contributed by atoms with Gasteiger partial charge in [0.15, 0.2) is 0 Å². The molecule has 0 aromatic rings. The molecular weight excluding hydrogens is 266 g/mol. The van der Waals surface area contributed by atoms with Gasteiger partial charge in [-0.2, -0.15) is 17.4 Å². The number of rotatable bonds is 6. The number of aliphatic hydroxyl groups is 1. The molecule has 0 saturated carbocycles. The lowest BCUT2D eigenvalue weighted by Crippen LogP contribution is -2.53. The quantitative estimate of drug-likeness (QED) is 0.723. The molecule has 1 fully saturated rings. The number of hydrogen-bond donors (Lipinski definition) is 2. The van der Waals surface area contributed by atoms with Crippen LogP contribution in [-0.4, -0.2) is 68.1 Å². The molecule has 2 N–H and O–H groups in total. The van der Waals surface area contributed by atoms with Crippen molar-refractivity contribution in [2.45, 2.75) is 44.8 Å². The molecule has 6 nitrogen and oxygen atoms in total. The SMILES string of the molecule is CC1CCCCN1S(=O)(=O)NCC(C)(O)CN(C)C. The minimum Gasteiger partial charge on any atom is -0.387 e. The standard InChI is InChI=1S/C12H27N3O3S/c1-11-7-5-6-8-15(11)19(17,18)13-9-12(2,16)10-14(3)4/h11,13,16H,5-10H2,1-4H3. The van der Waals surface area contributed by atoms with E-state index in [-0.39, 0.29) is 12.6 Å². The minimum atomic E-state index is -3.50. The lowest BCUT2D eigenvalue weighted by Gasteiger charge is -2.34. The molecule has 0 radical (unpaired) electrons. The van der Waals surface area contributed by atoms with Crippen molar-refractivity contribution in [2.75, 3.05) is 33.7 Å². The van der Waals surface area contributed by atoms with Crippen molar-refractivity contribution in [2.24, 2.45) is 0 Å². The van der Waals surface area contributed by atoms with E-state index in [9.17, 15) is 13.5 Å². The van der Waals surface area contributed by atoms with Crippen molar-refractivity contribution in [3.05, 3.63) is 0 Å². The van der Waals surface area contributed by atoms with E-state index in [1.54, 1.807) is 6.92 Å². The van der Waals surface area contributed by atoms with Crippen LogP contribution in [0.25, 0.3) is 0 Å². The van der Waals surface area contributed by atoms with Crippen molar-refractivity contribution >= 4 is 10.2 Å². The van der Waals surface area contributed by atoms with E-state index < -0.39 is 15.8 Å². The van der Waals surface area contributed by atoms with E-state index in [1.807, 2.05) is 25.9 Å². The summed E-state index contributed by atoms with van der Waals surface area (Å²) < 4.78 is 28.5. The van der Waals surface area contributed by atoms with E-state index >= 15 is 0 Å². The molecule has 7 heteroatoms. The molecule has 0 aromatic carbocycles. The molecule has 1 rings (SSSR count). The highest BCUT2D eigenvalue weighted by Gasteiger charge is 2.31. The summed E-state index contributed by atoms with van der Waals surface area (Å²) in [5.74, 6) is 0. The monoisotopic (exact) mass is 293 g/mol. The second kappa shape index (κ2) is 6.49. The number of likely N-dealkylation sites (N-methyl/N-ethyl adjacent to an activating group) is 1. The Kier molecular flexibility index (Phi) is 5.76. The highest BCUT2D eigenvalue weighted by atomic mass is 32.2. The Hall–Kier alpha value is -0.210. The van der Waals surface area contributed by atoms with Crippen molar-refractivity contribution < 1.29 is 13.5 Å². The van der Waals surface area contributed by atoms with Gasteiger partial charge in [-0.15, -0.1) is 0 Å². The smallest absolute Gasteiger partial charge is 0.279 e. The summed E-state index contributed by atoms with van der Waals surface area (Å²) in [7, 11) is 0.189. The predicted octanol–water partition coefficient (Wildman–Crippen LogP) is 0.00780. The van der Waals surface area contributed by atoms with Crippen LogP contribution in [0.3, 0.4) is 0 Å². The Morgan fingerprint density at radius 1 is 1.42 bits per heavy atom. The van der Waals surface area contributed by atoms with Gasteiger partial charge in [-0.25, -0.2) is 0 Å². The van der Waals surface area contributed by atoms with Crippen LogP contribution in [0.15, 0.2) is 0 Å². The highest BCUT2D eigenvalue weighted by Crippen LogP contribution is 2.19. The third-order valence-electron chi connectivity index (χ3n) is 3.34. The van der Waals surface area contributed by atoms with Gasteiger partial charge in [-0.1, -0.05) is 6.42 Å². The molecule has 0 amide bonds. The largest absolute Gasteiger partial charge is 0.387 e. The molecule has 0 spiro atoms. The first-order chi connectivity index (χ1) is 8.64. The Morgan fingerprint density at radius 2 is 2.05 bits per heavy atom. The summed E-state index contributed by atoms with van der Waals surface area (Å²) in [6, 6.07) is 0.0325. The fourth-order valence-corrected chi connectivity index (χ4v) is 4.10. The second-order valence-corrected chi connectivity index (χ2v) is 7.72. The van der Waals surface area contributed by atoms with E-state index in [0.29, 0.717) is 13.1 Å². The number of nitrogens with zero attached hydrogens (tertiary/aromatic N) is 2. The number of piperidine rings is 1. The van der Waals surface area contributed by atoms with E-state index in [1.165, 1.54) is 4.31 Å². The van der Waals surface area contributed by atoms with Gasteiger partial charge < -0.3 is 10.0 Å². The average molecular weight is 293 g/mol. The van der Waals surface area contributed by atoms with Crippen molar-refractivity contribution in [3.8, 4) is 0 Å².